The fraction of sp³-hybridized carbons (Fsp3) is 0.714. The molecule has 0 spiro atoms. The third-order valence-corrected chi connectivity index (χ3v) is 4.48. The Balaban J connectivity index is 2.02. The van der Waals surface area contributed by atoms with E-state index in [1.807, 2.05) is 12.5 Å². The molecule has 0 aromatic rings. The molecule has 2 bridgehead atoms. The lowest BCUT2D eigenvalue weighted by Gasteiger charge is -2.51. The second-order valence-corrected chi connectivity index (χ2v) is 5.30. The Labute approximate surface area is 98.3 Å². The van der Waals surface area contributed by atoms with E-state index in [4.69, 9.17) is 9.47 Å². The molecule has 2 heteroatoms. The van der Waals surface area contributed by atoms with E-state index in [1.54, 1.807) is 14.2 Å². The molecular formula is C14H22O2. The fourth-order valence-electron chi connectivity index (χ4n) is 3.17. The Morgan fingerprint density at radius 2 is 1.00 bits per heavy atom. The van der Waals surface area contributed by atoms with Gasteiger partial charge in [-0.1, -0.05) is 0 Å². The van der Waals surface area contributed by atoms with Crippen molar-refractivity contribution in [2.24, 2.45) is 10.8 Å². The highest BCUT2D eigenvalue weighted by Crippen LogP contribution is 2.58. The first-order chi connectivity index (χ1) is 7.74. The summed E-state index contributed by atoms with van der Waals surface area (Å²) in [6.45, 7) is 0. The molecule has 0 heterocycles. The van der Waals surface area contributed by atoms with Crippen LogP contribution in [0.3, 0.4) is 0 Å². The molecule has 2 nitrogen and oxygen atoms in total. The smallest absolute Gasteiger partial charge is 0.0790 e. The number of rotatable bonds is 4. The zero-order valence-corrected chi connectivity index (χ0v) is 10.4. The first-order valence-corrected chi connectivity index (χ1v) is 6.15. The Kier molecular flexibility index (Phi) is 3.27. The normalized spacial score (nSPS) is 38.4. The molecule has 3 saturated carbocycles. The molecule has 0 saturated heterocycles. The van der Waals surface area contributed by atoms with Crippen molar-refractivity contribution in [3.63, 3.8) is 0 Å². The van der Waals surface area contributed by atoms with Gasteiger partial charge in [0.05, 0.1) is 26.7 Å². The second kappa shape index (κ2) is 4.52. The van der Waals surface area contributed by atoms with Gasteiger partial charge in [-0.15, -0.1) is 0 Å². The van der Waals surface area contributed by atoms with Crippen LogP contribution < -0.4 is 0 Å². The Hall–Kier alpha value is -0.920. The molecule has 3 rings (SSSR count). The molecule has 0 atom stereocenters. The molecule has 0 amide bonds. The largest absolute Gasteiger partial charge is 0.505 e. The third kappa shape index (κ3) is 2.11. The molecule has 3 aliphatic carbocycles. The summed E-state index contributed by atoms with van der Waals surface area (Å²) in [6.07, 6.45) is 16.1. The molecule has 0 unspecified atom stereocenters. The van der Waals surface area contributed by atoms with E-state index in [2.05, 4.69) is 12.2 Å². The van der Waals surface area contributed by atoms with Crippen LogP contribution in [0.5, 0.6) is 0 Å². The summed E-state index contributed by atoms with van der Waals surface area (Å²) < 4.78 is 10.1. The van der Waals surface area contributed by atoms with Gasteiger partial charge < -0.3 is 9.47 Å². The van der Waals surface area contributed by atoms with Gasteiger partial charge in [-0.3, -0.25) is 0 Å². The van der Waals surface area contributed by atoms with Crippen LogP contribution in [-0.4, -0.2) is 14.2 Å². The van der Waals surface area contributed by atoms with Crippen LogP contribution in [0.1, 0.15) is 38.5 Å². The highest BCUT2D eigenvalue weighted by atomic mass is 16.5. The van der Waals surface area contributed by atoms with Gasteiger partial charge in [-0.2, -0.15) is 0 Å². The van der Waals surface area contributed by atoms with E-state index in [-0.39, 0.29) is 0 Å². The standard InChI is InChI=1S/C14H22O2/c1-15-11-9-13-3-6-14(7-4-13,8-5-13)10-12-16-2/h9-12H,3-8H2,1-2H3. The molecular weight excluding hydrogens is 200 g/mol. The Morgan fingerprint density at radius 3 is 1.25 bits per heavy atom. The highest BCUT2D eigenvalue weighted by Gasteiger charge is 2.46. The predicted molar refractivity (Wildman–Crippen MR) is 64.9 cm³/mol. The van der Waals surface area contributed by atoms with Crippen molar-refractivity contribution in [2.45, 2.75) is 38.5 Å². The summed E-state index contributed by atoms with van der Waals surface area (Å²) in [4.78, 5) is 0. The molecule has 3 aliphatic rings. The molecule has 16 heavy (non-hydrogen) atoms. The van der Waals surface area contributed by atoms with Gasteiger partial charge in [-0.25, -0.2) is 0 Å². The zero-order valence-electron chi connectivity index (χ0n) is 10.4. The molecule has 0 radical (unpaired) electrons. The summed E-state index contributed by atoms with van der Waals surface area (Å²) in [7, 11) is 3.45. The van der Waals surface area contributed by atoms with E-state index < -0.39 is 0 Å². The van der Waals surface area contributed by atoms with Crippen LogP contribution in [0, 0.1) is 10.8 Å². The second-order valence-electron chi connectivity index (χ2n) is 5.30. The van der Waals surface area contributed by atoms with Crippen LogP contribution in [-0.2, 0) is 9.47 Å². The topological polar surface area (TPSA) is 18.5 Å². The average Bonchev–Trinajstić information content (AvgIpc) is 2.37. The van der Waals surface area contributed by atoms with Crippen molar-refractivity contribution in [3.05, 3.63) is 24.7 Å². The van der Waals surface area contributed by atoms with E-state index in [9.17, 15) is 0 Å². The van der Waals surface area contributed by atoms with Gasteiger partial charge in [0.25, 0.3) is 0 Å². The summed E-state index contributed by atoms with van der Waals surface area (Å²) in [5.41, 5.74) is 0.858. The van der Waals surface area contributed by atoms with Crippen LogP contribution in [0.4, 0.5) is 0 Å². The van der Waals surface area contributed by atoms with Gasteiger partial charge in [0, 0.05) is 0 Å². The van der Waals surface area contributed by atoms with Gasteiger partial charge in [0.15, 0.2) is 0 Å². The Morgan fingerprint density at radius 1 is 0.688 bits per heavy atom. The highest BCUT2D eigenvalue weighted by molar-refractivity contribution is 5.12. The van der Waals surface area contributed by atoms with Crippen molar-refractivity contribution >= 4 is 0 Å². The predicted octanol–water partition coefficient (Wildman–Crippen LogP) is 3.65. The maximum Gasteiger partial charge on any atom is 0.0790 e. The van der Waals surface area contributed by atoms with Crippen molar-refractivity contribution in [3.8, 4) is 0 Å². The van der Waals surface area contributed by atoms with Crippen molar-refractivity contribution in [1.82, 2.24) is 0 Å². The SMILES string of the molecule is COC=CC12CCC(C=COC)(CC1)CC2. The monoisotopic (exact) mass is 222 g/mol. The molecule has 0 N–H and O–H groups in total. The van der Waals surface area contributed by atoms with Gasteiger partial charge >= 0.3 is 0 Å². The van der Waals surface area contributed by atoms with Crippen molar-refractivity contribution in [2.75, 3.05) is 14.2 Å². The first kappa shape index (κ1) is 11.6. The summed E-state index contributed by atoms with van der Waals surface area (Å²) in [6, 6.07) is 0. The van der Waals surface area contributed by atoms with E-state index in [0.717, 1.165) is 0 Å². The van der Waals surface area contributed by atoms with Crippen molar-refractivity contribution in [1.29, 1.82) is 0 Å². The third-order valence-electron chi connectivity index (χ3n) is 4.48. The van der Waals surface area contributed by atoms with Gasteiger partial charge in [-0.05, 0) is 61.5 Å². The fourth-order valence-corrected chi connectivity index (χ4v) is 3.17. The molecule has 0 aliphatic heterocycles. The van der Waals surface area contributed by atoms with E-state index in [0.29, 0.717) is 10.8 Å². The minimum Gasteiger partial charge on any atom is -0.505 e. The number of allylic oxidation sites excluding steroid dienone is 2. The molecule has 0 aromatic heterocycles. The van der Waals surface area contributed by atoms with Gasteiger partial charge in [0.2, 0.25) is 0 Å². The van der Waals surface area contributed by atoms with Crippen LogP contribution in [0.25, 0.3) is 0 Å². The average molecular weight is 222 g/mol. The number of methoxy groups -OCH3 is 2. The number of ether oxygens (including phenoxy) is 2. The maximum absolute atomic E-state index is 5.06. The lowest BCUT2D eigenvalue weighted by molar-refractivity contribution is 0.0540. The summed E-state index contributed by atoms with van der Waals surface area (Å²) in [5.74, 6) is 0. The number of hydrogen-bond acceptors (Lipinski definition) is 2. The van der Waals surface area contributed by atoms with Crippen molar-refractivity contribution < 1.29 is 9.47 Å². The Bertz CT molecular complexity index is 237. The molecule has 0 aromatic carbocycles. The lowest BCUT2D eigenvalue weighted by Crippen LogP contribution is -2.39. The number of fused-ring (bicyclic) bond motifs is 3. The van der Waals surface area contributed by atoms with E-state index in [1.165, 1.54) is 38.5 Å². The van der Waals surface area contributed by atoms with Crippen LogP contribution in [0.2, 0.25) is 0 Å². The van der Waals surface area contributed by atoms with Crippen LogP contribution in [0.15, 0.2) is 24.7 Å². The number of hydrogen-bond donors (Lipinski definition) is 0. The van der Waals surface area contributed by atoms with Crippen LogP contribution >= 0.6 is 0 Å². The molecule has 90 valence electrons. The maximum atomic E-state index is 5.06. The van der Waals surface area contributed by atoms with Gasteiger partial charge in [0.1, 0.15) is 0 Å². The zero-order chi connectivity index (χ0) is 11.5. The molecule has 3 fully saturated rings. The minimum absolute atomic E-state index is 0.429. The summed E-state index contributed by atoms with van der Waals surface area (Å²) >= 11 is 0. The van der Waals surface area contributed by atoms with E-state index >= 15 is 0 Å². The first-order valence-electron chi connectivity index (χ1n) is 6.15. The lowest BCUT2D eigenvalue weighted by atomic mass is 9.54. The quantitative estimate of drug-likeness (QED) is 0.676. The minimum atomic E-state index is 0.429. The summed E-state index contributed by atoms with van der Waals surface area (Å²) in [5, 5.41) is 0.